The molecule has 1 N–H and O–H groups in total. The highest BCUT2D eigenvalue weighted by Gasteiger charge is 2.20. The van der Waals surface area contributed by atoms with Crippen molar-refractivity contribution in [1.29, 1.82) is 0 Å². The van der Waals surface area contributed by atoms with Crippen molar-refractivity contribution < 1.29 is 0 Å². The molecule has 0 aromatic heterocycles. The number of aryl methyl sites for hydroxylation is 2. The van der Waals surface area contributed by atoms with Crippen LogP contribution >= 0.6 is 0 Å². The lowest BCUT2D eigenvalue weighted by molar-refractivity contribution is 0.297. The highest BCUT2D eigenvalue weighted by molar-refractivity contribution is 5.64. The molecule has 1 fully saturated rings. The van der Waals surface area contributed by atoms with Crippen LogP contribution in [0.5, 0.6) is 0 Å². The summed E-state index contributed by atoms with van der Waals surface area (Å²) in [5.41, 5.74) is 8.08. The SMILES string of the molecule is c1ccc(-c2ccc(CC[C@H]3CCC[C@@H](CCc4ccc(-c5ccccc5)cc4)N3)cc2)cc1. The molecule has 0 unspecified atom stereocenters. The van der Waals surface area contributed by atoms with E-state index >= 15 is 0 Å². The van der Waals surface area contributed by atoms with Gasteiger partial charge in [0, 0.05) is 12.1 Å². The normalized spacial score (nSPS) is 18.0. The minimum atomic E-state index is 0.646. The number of benzene rings is 4. The monoisotopic (exact) mass is 445 g/mol. The van der Waals surface area contributed by atoms with Crippen molar-refractivity contribution in [2.45, 2.75) is 57.0 Å². The Hall–Kier alpha value is -3.16. The summed E-state index contributed by atoms with van der Waals surface area (Å²) in [6.07, 6.45) is 8.73. The lowest BCUT2D eigenvalue weighted by Crippen LogP contribution is -2.42. The summed E-state index contributed by atoms with van der Waals surface area (Å²) in [4.78, 5) is 0. The molecule has 1 aliphatic rings. The van der Waals surface area contributed by atoms with Crippen LogP contribution in [0.3, 0.4) is 0 Å². The van der Waals surface area contributed by atoms with Crippen molar-refractivity contribution >= 4 is 0 Å². The van der Waals surface area contributed by atoms with Gasteiger partial charge in [0.15, 0.2) is 0 Å². The first-order valence-electron chi connectivity index (χ1n) is 12.9. The summed E-state index contributed by atoms with van der Waals surface area (Å²) in [5, 5.41) is 3.97. The highest BCUT2D eigenvalue weighted by Crippen LogP contribution is 2.24. The van der Waals surface area contributed by atoms with Crippen molar-refractivity contribution in [3.63, 3.8) is 0 Å². The van der Waals surface area contributed by atoms with Crippen LogP contribution in [-0.2, 0) is 12.8 Å². The molecule has 5 rings (SSSR count). The molecule has 1 heteroatoms. The maximum atomic E-state index is 3.97. The molecule has 34 heavy (non-hydrogen) atoms. The Morgan fingerprint density at radius 2 is 0.853 bits per heavy atom. The molecule has 1 saturated heterocycles. The second kappa shape index (κ2) is 11.3. The second-order valence-corrected chi connectivity index (χ2v) is 9.69. The summed E-state index contributed by atoms with van der Waals surface area (Å²) in [6, 6.07) is 40.9. The molecule has 2 atom stereocenters. The number of hydrogen-bond acceptors (Lipinski definition) is 1. The summed E-state index contributed by atoms with van der Waals surface area (Å²) in [7, 11) is 0. The van der Waals surface area contributed by atoms with Gasteiger partial charge in [-0.3, -0.25) is 0 Å². The van der Waals surface area contributed by atoms with E-state index in [1.165, 1.54) is 65.5 Å². The van der Waals surface area contributed by atoms with Crippen molar-refractivity contribution in [2.75, 3.05) is 0 Å². The number of rotatable bonds is 8. The van der Waals surface area contributed by atoms with Crippen molar-refractivity contribution in [1.82, 2.24) is 5.32 Å². The van der Waals surface area contributed by atoms with E-state index in [-0.39, 0.29) is 0 Å². The number of piperidine rings is 1. The molecule has 0 bridgehead atoms. The molecule has 1 heterocycles. The van der Waals surface area contributed by atoms with Gasteiger partial charge in [0.2, 0.25) is 0 Å². The third-order valence-corrected chi connectivity index (χ3v) is 7.26. The van der Waals surface area contributed by atoms with Crippen LogP contribution < -0.4 is 5.32 Å². The predicted octanol–water partition coefficient (Wildman–Crippen LogP) is 8.10. The number of hydrogen-bond donors (Lipinski definition) is 1. The van der Waals surface area contributed by atoms with E-state index in [1.54, 1.807) is 0 Å². The van der Waals surface area contributed by atoms with E-state index in [4.69, 9.17) is 0 Å². The summed E-state index contributed by atoms with van der Waals surface area (Å²) < 4.78 is 0. The largest absolute Gasteiger partial charge is 0.311 e. The predicted molar refractivity (Wildman–Crippen MR) is 145 cm³/mol. The summed E-state index contributed by atoms with van der Waals surface area (Å²) in [6.45, 7) is 0. The second-order valence-electron chi connectivity index (χ2n) is 9.69. The zero-order valence-electron chi connectivity index (χ0n) is 20.0. The smallest absolute Gasteiger partial charge is 0.00728 e. The average molecular weight is 446 g/mol. The molecule has 0 amide bonds. The molecule has 172 valence electrons. The third kappa shape index (κ3) is 6.04. The van der Waals surface area contributed by atoms with E-state index in [0.717, 1.165) is 12.8 Å². The van der Waals surface area contributed by atoms with Crippen LogP contribution in [0.15, 0.2) is 109 Å². The molecule has 1 nitrogen and oxygen atoms in total. The first-order valence-corrected chi connectivity index (χ1v) is 12.9. The van der Waals surface area contributed by atoms with E-state index in [9.17, 15) is 0 Å². The Morgan fingerprint density at radius 1 is 0.471 bits per heavy atom. The van der Waals surface area contributed by atoms with Crippen LogP contribution in [0.1, 0.15) is 43.2 Å². The fourth-order valence-electron chi connectivity index (χ4n) is 5.24. The standard InChI is InChI=1S/C33H35N/c1-3-8-28(9-4-1)30-20-14-26(15-21-30)18-24-32-12-7-13-33(34-32)25-19-27-16-22-31(23-17-27)29-10-5-2-6-11-29/h1-6,8-11,14-17,20-23,32-34H,7,12-13,18-19,24-25H2/t32-,33+. The third-order valence-electron chi connectivity index (χ3n) is 7.26. The zero-order chi connectivity index (χ0) is 23.0. The van der Waals surface area contributed by atoms with E-state index < -0.39 is 0 Å². The van der Waals surface area contributed by atoms with Crippen molar-refractivity contribution in [3.05, 3.63) is 120 Å². The van der Waals surface area contributed by atoms with Gasteiger partial charge in [0.05, 0.1) is 0 Å². The fraction of sp³-hybridized carbons (Fsp3) is 0.273. The van der Waals surface area contributed by atoms with Crippen LogP contribution in [0.2, 0.25) is 0 Å². The van der Waals surface area contributed by atoms with E-state index in [2.05, 4.69) is 115 Å². The van der Waals surface area contributed by atoms with E-state index in [1.807, 2.05) is 0 Å². The molecule has 0 saturated carbocycles. The minimum Gasteiger partial charge on any atom is -0.311 e. The van der Waals surface area contributed by atoms with Crippen LogP contribution in [0.25, 0.3) is 22.3 Å². The van der Waals surface area contributed by atoms with Gasteiger partial charge >= 0.3 is 0 Å². The van der Waals surface area contributed by atoms with Gasteiger partial charge < -0.3 is 5.32 Å². The Kier molecular flexibility index (Phi) is 7.53. The maximum Gasteiger partial charge on any atom is 0.00728 e. The number of nitrogens with one attached hydrogen (secondary N) is 1. The quantitative estimate of drug-likeness (QED) is 0.289. The summed E-state index contributed by atoms with van der Waals surface area (Å²) in [5.74, 6) is 0. The molecular weight excluding hydrogens is 410 g/mol. The summed E-state index contributed by atoms with van der Waals surface area (Å²) >= 11 is 0. The minimum absolute atomic E-state index is 0.646. The lowest BCUT2D eigenvalue weighted by Gasteiger charge is -2.31. The molecule has 1 aliphatic heterocycles. The van der Waals surface area contributed by atoms with Gasteiger partial charge in [0.1, 0.15) is 0 Å². The van der Waals surface area contributed by atoms with Crippen LogP contribution in [0.4, 0.5) is 0 Å². The Bertz CT molecular complexity index is 1040. The van der Waals surface area contributed by atoms with Gasteiger partial charge in [-0.25, -0.2) is 0 Å². The van der Waals surface area contributed by atoms with Gasteiger partial charge in [-0.05, 0) is 71.9 Å². The maximum absolute atomic E-state index is 3.97. The first-order chi connectivity index (χ1) is 16.8. The molecule has 4 aromatic rings. The molecule has 0 spiro atoms. The van der Waals surface area contributed by atoms with Gasteiger partial charge in [-0.2, -0.15) is 0 Å². The van der Waals surface area contributed by atoms with Crippen LogP contribution in [-0.4, -0.2) is 12.1 Å². The van der Waals surface area contributed by atoms with Crippen molar-refractivity contribution in [3.8, 4) is 22.3 Å². The molecule has 0 aliphatic carbocycles. The molecular formula is C33H35N. The average Bonchev–Trinajstić information content (AvgIpc) is 2.93. The van der Waals surface area contributed by atoms with Crippen LogP contribution in [0, 0.1) is 0 Å². The lowest BCUT2D eigenvalue weighted by atomic mass is 9.91. The van der Waals surface area contributed by atoms with Gasteiger partial charge in [-0.1, -0.05) is 116 Å². The topological polar surface area (TPSA) is 12.0 Å². The molecule has 4 aromatic carbocycles. The van der Waals surface area contributed by atoms with Gasteiger partial charge in [-0.15, -0.1) is 0 Å². The Labute approximate surface area is 204 Å². The van der Waals surface area contributed by atoms with Gasteiger partial charge in [0.25, 0.3) is 0 Å². The van der Waals surface area contributed by atoms with E-state index in [0.29, 0.717) is 12.1 Å². The Morgan fingerprint density at radius 3 is 1.26 bits per heavy atom. The Balaban J connectivity index is 1.08. The zero-order valence-corrected chi connectivity index (χ0v) is 20.0. The fourth-order valence-corrected chi connectivity index (χ4v) is 5.24. The first kappa shape index (κ1) is 22.6. The molecule has 0 radical (unpaired) electrons. The van der Waals surface area contributed by atoms with Crippen molar-refractivity contribution in [2.24, 2.45) is 0 Å². The highest BCUT2D eigenvalue weighted by atomic mass is 15.0.